The van der Waals surface area contributed by atoms with Gasteiger partial charge in [-0.2, -0.15) is 0 Å². The molecule has 0 unspecified atom stereocenters. The molecule has 0 saturated carbocycles. The number of unbranched alkanes of at least 4 members (excludes halogenated alkanes) is 2. The van der Waals surface area contributed by atoms with Crippen molar-refractivity contribution in [1.82, 2.24) is 5.32 Å². The van der Waals surface area contributed by atoms with Crippen molar-refractivity contribution in [2.45, 2.75) is 57.5 Å². The van der Waals surface area contributed by atoms with Crippen molar-refractivity contribution in [3.8, 4) is 11.5 Å². The second kappa shape index (κ2) is 13.3. The molecule has 3 aromatic rings. The van der Waals surface area contributed by atoms with Crippen molar-refractivity contribution < 1.29 is 13.2 Å². The number of nitrogens with two attached hydrogens (primary N) is 1. The summed E-state index contributed by atoms with van der Waals surface area (Å²) in [5.74, 6) is 0.859. The monoisotopic (exact) mass is 495 g/mol. The number of anilines is 1. The normalized spacial score (nSPS) is 11.4. The van der Waals surface area contributed by atoms with Gasteiger partial charge in [-0.1, -0.05) is 75.2 Å². The van der Waals surface area contributed by atoms with Crippen LogP contribution in [0.3, 0.4) is 0 Å². The molecule has 0 saturated heterocycles. The molecule has 35 heavy (non-hydrogen) atoms. The Morgan fingerprint density at radius 2 is 1.40 bits per heavy atom. The van der Waals surface area contributed by atoms with Crippen molar-refractivity contribution in [2.75, 3.05) is 18.0 Å². The average molecular weight is 496 g/mol. The minimum absolute atomic E-state index is 0.00774. The number of hydrogen-bond donors (Lipinski definition) is 2. The maximum absolute atomic E-state index is 12.8. The molecule has 3 aromatic carbocycles. The molecule has 0 heterocycles. The van der Waals surface area contributed by atoms with E-state index in [1.54, 1.807) is 6.07 Å². The van der Waals surface area contributed by atoms with Crippen LogP contribution in [0.25, 0.3) is 0 Å². The molecule has 6 nitrogen and oxygen atoms in total. The fraction of sp³-hybridized carbons (Fsp3) is 0.357. The fourth-order valence-electron chi connectivity index (χ4n) is 3.90. The minimum atomic E-state index is -4.03. The molecule has 188 valence electrons. The van der Waals surface area contributed by atoms with Crippen LogP contribution in [0.15, 0.2) is 77.7 Å². The molecule has 0 atom stereocenters. The highest BCUT2D eigenvalue weighted by atomic mass is 32.2. The van der Waals surface area contributed by atoms with Crippen LogP contribution in [0.5, 0.6) is 11.5 Å². The molecule has 0 radical (unpaired) electrons. The van der Waals surface area contributed by atoms with Gasteiger partial charge in [0.25, 0.3) is 0 Å². The Balaban J connectivity index is 2.03. The van der Waals surface area contributed by atoms with Crippen LogP contribution in [0.1, 0.15) is 50.7 Å². The third kappa shape index (κ3) is 8.09. The van der Waals surface area contributed by atoms with Gasteiger partial charge in [-0.05, 0) is 48.2 Å². The van der Waals surface area contributed by atoms with Crippen LogP contribution >= 0.6 is 0 Å². The number of hydrogen-bond acceptors (Lipinski definition) is 5. The van der Waals surface area contributed by atoms with E-state index in [1.807, 2.05) is 54.6 Å². The summed E-state index contributed by atoms with van der Waals surface area (Å²) in [6, 6.07) is 23.0. The topological polar surface area (TPSA) is 84.7 Å². The van der Waals surface area contributed by atoms with Crippen molar-refractivity contribution in [2.24, 2.45) is 5.14 Å². The SMILES string of the molecule is CCCCN(CCCC)c1cc(CNCc2ccccc2)cc(S(N)(=O)=O)c1Oc1ccccc1. The van der Waals surface area contributed by atoms with E-state index in [2.05, 4.69) is 36.2 Å². The third-order valence-electron chi connectivity index (χ3n) is 5.77. The van der Waals surface area contributed by atoms with E-state index in [4.69, 9.17) is 9.88 Å². The third-order valence-corrected chi connectivity index (χ3v) is 6.69. The predicted octanol–water partition coefficient (Wildman–Crippen LogP) is 5.82. The Hall–Kier alpha value is -2.87. The number of benzene rings is 3. The molecule has 0 aliphatic rings. The van der Waals surface area contributed by atoms with Gasteiger partial charge in [0.15, 0.2) is 5.75 Å². The number of para-hydroxylation sites is 1. The van der Waals surface area contributed by atoms with E-state index in [0.29, 0.717) is 18.8 Å². The maximum Gasteiger partial charge on any atom is 0.241 e. The van der Waals surface area contributed by atoms with Gasteiger partial charge in [0.1, 0.15) is 10.6 Å². The van der Waals surface area contributed by atoms with E-state index >= 15 is 0 Å². The smallest absolute Gasteiger partial charge is 0.241 e. The lowest BCUT2D eigenvalue weighted by atomic mass is 10.1. The highest BCUT2D eigenvalue weighted by molar-refractivity contribution is 7.89. The largest absolute Gasteiger partial charge is 0.454 e. The van der Waals surface area contributed by atoms with Crippen molar-refractivity contribution >= 4 is 15.7 Å². The molecular formula is C28H37N3O3S. The first-order valence-electron chi connectivity index (χ1n) is 12.3. The van der Waals surface area contributed by atoms with Gasteiger partial charge < -0.3 is 15.0 Å². The predicted molar refractivity (Wildman–Crippen MR) is 143 cm³/mol. The number of nitrogens with one attached hydrogen (secondary N) is 1. The Labute approximate surface area is 210 Å². The summed E-state index contributed by atoms with van der Waals surface area (Å²) in [4.78, 5) is 2.24. The number of nitrogens with zero attached hydrogens (tertiary/aromatic N) is 1. The molecule has 3 rings (SSSR count). The minimum Gasteiger partial charge on any atom is -0.454 e. The first-order chi connectivity index (χ1) is 16.9. The van der Waals surface area contributed by atoms with Crippen LogP contribution in [-0.2, 0) is 23.1 Å². The Bertz CT molecular complexity index is 1140. The lowest BCUT2D eigenvalue weighted by Gasteiger charge is -2.28. The van der Waals surface area contributed by atoms with Gasteiger partial charge in [-0.3, -0.25) is 0 Å². The Morgan fingerprint density at radius 1 is 0.829 bits per heavy atom. The van der Waals surface area contributed by atoms with E-state index in [1.165, 1.54) is 0 Å². The molecule has 3 N–H and O–H groups in total. The molecule has 0 aliphatic heterocycles. The summed E-state index contributed by atoms with van der Waals surface area (Å²) >= 11 is 0. The Kier molecular flexibility index (Phi) is 10.1. The van der Waals surface area contributed by atoms with E-state index in [0.717, 1.165) is 55.6 Å². The van der Waals surface area contributed by atoms with Crippen LogP contribution in [0.2, 0.25) is 0 Å². The average Bonchev–Trinajstić information content (AvgIpc) is 2.85. The zero-order chi connectivity index (χ0) is 25.1. The van der Waals surface area contributed by atoms with E-state index in [-0.39, 0.29) is 10.6 Å². The van der Waals surface area contributed by atoms with E-state index in [9.17, 15) is 8.42 Å². The summed E-state index contributed by atoms with van der Waals surface area (Å²) in [6.45, 7) is 7.11. The van der Waals surface area contributed by atoms with Crippen LogP contribution in [-0.4, -0.2) is 21.5 Å². The van der Waals surface area contributed by atoms with Gasteiger partial charge in [0.2, 0.25) is 10.0 Å². The summed E-state index contributed by atoms with van der Waals surface area (Å²) in [7, 11) is -4.03. The van der Waals surface area contributed by atoms with Gasteiger partial charge in [-0.25, -0.2) is 13.6 Å². The molecule has 0 amide bonds. The molecule has 0 spiro atoms. The van der Waals surface area contributed by atoms with Gasteiger partial charge in [0, 0.05) is 26.2 Å². The number of ether oxygens (including phenoxy) is 1. The molecule has 0 aromatic heterocycles. The van der Waals surface area contributed by atoms with E-state index < -0.39 is 10.0 Å². The van der Waals surface area contributed by atoms with Crippen LogP contribution in [0.4, 0.5) is 5.69 Å². The highest BCUT2D eigenvalue weighted by Gasteiger charge is 2.24. The zero-order valence-corrected chi connectivity index (χ0v) is 21.6. The Morgan fingerprint density at radius 3 is 1.97 bits per heavy atom. The fourth-order valence-corrected chi connectivity index (χ4v) is 4.62. The summed E-state index contributed by atoms with van der Waals surface area (Å²) < 4.78 is 31.7. The van der Waals surface area contributed by atoms with Gasteiger partial charge >= 0.3 is 0 Å². The highest BCUT2D eigenvalue weighted by Crippen LogP contribution is 2.39. The zero-order valence-electron chi connectivity index (χ0n) is 20.7. The first-order valence-corrected chi connectivity index (χ1v) is 13.9. The number of rotatable bonds is 14. The van der Waals surface area contributed by atoms with Crippen LogP contribution in [0, 0.1) is 0 Å². The van der Waals surface area contributed by atoms with Gasteiger partial charge in [0.05, 0.1) is 5.69 Å². The van der Waals surface area contributed by atoms with Crippen molar-refractivity contribution in [3.63, 3.8) is 0 Å². The van der Waals surface area contributed by atoms with Crippen LogP contribution < -0.4 is 20.1 Å². The molecule has 0 aliphatic carbocycles. The molecular weight excluding hydrogens is 458 g/mol. The van der Waals surface area contributed by atoms with Gasteiger partial charge in [-0.15, -0.1) is 0 Å². The van der Waals surface area contributed by atoms with Crippen molar-refractivity contribution in [1.29, 1.82) is 0 Å². The second-order valence-corrected chi connectivity index (χ2v) is 10.2. The first kappa shape index (κ1) is 26.7. The molecule has 0 fully saturated rings. The summed E-state index contributed by atoms with van der Waals surface area (Å²) in [5, 5.41) is 9.15. The molecule has 0 bridgehead atoms. The second-order valence-electron chi connectivity index (χ2n) is 8.69. The summed E-state index contributed by atoms with van der Waals surface area (Å²) in [5.41, 5.74) is 2.77. The lowest BCUT2D eigenvalue weighted by molar-refractivity contribution is 0.464. The van der Waals surface area contributed by atoms with Crippen molar-refractivity contribution in [3.05, 3.63) is 83.9 Å². The summed E-state index contributed by atoms with van der Waals surface area (Å²) in [6.07, 6.45) is 4.07. The standard InChI is InChI=1S/C28H37N3O3S/c1-3-5-17-31(18-6-4-2)26-19-24(22-30-21-23-13-9-7-10-14-23)20-27(35(29,32)33)28(26)34-25-15-11-8-12-16-25/h7-16,19-20,30H,3-6,17-18,21-22H2,1-2H3,(H2,29,32,33). The molecule has 7 heteroatoms. The quantitative estimate of drug-likeness (QED) is 0.294. The number of primary sulfonamides is 1. The lowest BCUT2D eigenvalue weighted by Crippen LogP contribution is -2.27. The number of sulfonamides is 1. The maximum atomic E-state index is 12.8.